The van der Waals surface area contributed by atoms with Gasteiger partial charge in [-0.05, 0) is 63.4 Å². The molecule has 2 atom stereocenters. The van der Waals surface area contributed by atoms with E-state index in [0.29, 0.717) is 24.1 Å². The van der Waals surface area contributed by atoms with E-state index in [0.717, 1.165) is 13.0 Å². The zero-order chi connectivity index (χ0) is 14.5. The summed E-state index contributed by atoms with van der Waals surface area (Å²) >= 11 is 0. The minimum Gasteiger partial charge on any atom is -0.298 e. The van der Waals surface area contributed by atoms with E-state index in [4.69, 9.17) is 0 Å². The van der Waals surface area contributed by atoms with Crippen LogP contribution in [0.3, 0.4) is 0 Å². The molecule has 0 aromatic heterocycles. The summed E-state index contributed by atoms with van der Waals surface area (Å²) in [5.74, 6) is -0.178. The minimum atomic E-state index is -0.293. The van der Waals surface area contributed by atoms with Crippen LogP contribution >= 0.6 is 0 Å². The Labute approximate surface area is 121 Å². The van der Waals surface area contributed by atoms with E-state index in [2.05, 4.69) is 18.7 Å². The number of benzene rings is 1. The average Bonchev–Trinajstić information content (AvgIpc) is 2.80. The standard InChI is InChI=1S/C17H24FNO/c1-3-16-11-6-13(2)19(16)12-4-5-17(20)14-7-9-15(18)10-8-14/h7-10,13,16H,3-6,11-12H2,1-2H3. The van der Waals surface area contributed by atoms with Crippen molar-refractivity contribution in [2.45, 2.75) is 58.0 Å². The van der Waals surface area contributed by atoms with Gasteiger partial charge in [-0.1, -0.05) is 6.92 Å². The molecule has 1 aromatic carbocycles. The van der Waals surface area contributed by atoms with Crippen molar-refractivity contribution >= 4 is 5.78 Å². The van der Waals surface area contributed by atoms with Crippen LogP contribution in [-0.2, 0) is 0 Å². The quantitative estimate of drug-likeness (QED) is 0.731. The molecule has 1 aromatic rings. The average molecular weight is 277 g/mol. The first-order chi connectivity index (χ1) is 9.61. The lowest BCUT2D eigenvalue weighted by Gasteiger charge is -2.27. The summed E-state index contributed by atoms with van der Waals surface area (Å²) in [6, 6.07) is 7.17. The first-order valence-electron chi connectivity index (χ1n) is 7.66. The number of halogens is 1. The molecule has 20 heavy (non-hydrogen) atoms. The molecule has 0 bridgehead atoms. The second kappa shape index (κ2) is 6.98. The van der Waals surface area contributed by atoms with Gasteiger partial charge in [0.05, 0.1) is 0 Å². The van der Waals surface area contributed by atoms with E-state index in [9.17, 15) is 9.18 Å². The maximum atomic E-state index is 12.8. The van der Waals surface area contributed by atoms with Crippen LogP contribution in [0.15, 0.2) is 24.3 Å². The maximum absolute atomic E-state index is 12.8. The Hall–Kier alpha value is -1.22. The number of rotatable bonds is 6. The van der Waals surface area contributed by atoms with Gasteiger partial charge in [0.1, 0.15) is 5.82 Å². The van der Waals surface area contributed by atoms with Crippen LogP contribution in [0, 0.1) is 5.82 Å². The lowest BCUT2D eigenvalue weighted by Crippen LogP contribution is -2.35. The Balaban J connectivity index is 1.80. The van der Waals surface area contributed by atoms with Crippen LogP contribution in [0.2, 0.25) is 0 Å². The number of ketones is 1. The lowest BCUT2D eigenvalue weighted by molar-refractivity contribution is 0.0969. The van der Waals surface area contributed by atoms with Crippen LogP contribution in [0.4, 0.5) is 4.39 Å². The first-order valence-corrected chi connectivity index (χ1v) is 7.66. The highest BCUT2D eigenvalue weighted by Crippen LogP contribution is 2.26. The number of carbonyl (C=O) groups is 1. The van der Waals surface area contributed by atoms with Crippen molar-refractivity contribution in [1.82, 2.24) is 4.90 Å². The molecule has 0 N–H and O–H groups in total. The van der Waals surface area contributed by atoms with Crippen molar-refractivity contribution in [3.63, 3.8) is 0 Å². The Bertz CT molecular complexity index is 443. The number of nitrogens with zero attached hydrogens (tertiary/aromatic N) is 1. The van der Waals surface area contributed by atoms with Crippen molar-refractivity contribution in [2.24, 2.45) is 0 Å². The third-order valence-corrected chi connectivity index (χ3v) is 4.41. The molecule has 0 amide bonds. The van der Waals surface area contributed by atoms with E-state index in [1.807, 2.05) is 0 Å². The molecule has 0 aliphatic carbocycles. The van der Waals surface area contributed by atoms with E-state index in [1.165, 1.54) is 31.4 Å². The molecule has 2 nitrogen and oxygen atoms in total. The van der Waals surface area contributed by atoms with Crippen molar-refractivity contribution in [1.29, 1.82) is 0 Å². The second-order valence-corrected chi connectivity index (χ2v) is 5.76. The summed E-state index contributed by atoms with van der Waals surface area (Å²) in [6.45, 7) is 5.50. The van der Waals surface area contributed by atoms with Gasteiger partial charge in [0, 0.05) is 24.1 Å². The monoisotopic (exact) mass is 277 g/mol. The fourth-order valence-corrected chi connectivity index (χ4v) is 3.17. The molecular formula is C17H24FNO. The molecular weight excluding hydrogens is 253 g/mol. The van der Waals surface area contributed by atoms with Crippen molar-refractivity contribution in [3.05, 3.63) is 35.6 Å². The van der Waals surface area contributed by atoms with Crippen molar-refractivity contribution in [2.75, 3.05) is 6.54 Å². The molecule has 0 spiro atoms. The molecule has 0 radical (unpaired) electrons. The van der Waals surface area contributed by atoms with Crippen molar-refractivity contribution in [3.8, 4) is 0 Å². The van der Waals surface area contributed by atoms with Gasteiger partial charge >= 0.3 is 0 Å². The van der Waals surface area contributed by atoms with E-state index >= 15 is 0 Å². The first kappa shape index (κ1) is 15.2. The highest BCUT2D eigenvalue weighted by atomic mass is 19.1. The lowest BCUT2D eigenvalue weighted by atomic mass is 10.1. The van der Waals surface area contributed by atoms with Gasteiger partial charge in [-0.25, -0.2) is 4.39 Å². The zero-order valence-electron chi connectivity index (χ0n) is 12.4. The highest BCUT2D eigenvalue weighted by Gasteiger charge is 2.28. The molecule has 1 aliphatic rings. The zero-order valence-corrected chi connectivity index (χ0v) is 12.4. The number of hydrogen-bond acceptors (Lipinski definition) is 2. The van der Waals surface area contributed by atoms with Gasteiger partial charge < -0.3 is 0 Å². The molecule has 1 heterocycles. The Morgan fingerprint density at radius 3 is 2.65 bits per heavy atom. The topological polar surface area (TPSA) is 20.3 Å². The number of hydrogen-bond donors (Lipinski definition) is 0. The third kappa shape index (κ3) is 3.66. The van der Waals surface area contributed by atoms with Gasteiger partial charge in [-0.3, -0.25) is 9.69 Å². The summed E-state index contributed by atoms with van der Waals surface area (Å²) in [5, 5.41) is 0. The van der Waals surface area contributed by atoms with Crippen LogP contribution in [-0.4, -0.2) is 29.3 Å². The number of likely N-dealkylation sites (tertiary alicyclic amines) is 1. The number of carbonyl (C=O) groups excluding carboxylic acids is 1. The molecule has 2 rings (SSSR count). The van der Waals surface area contributed by atoms with Gasteiger partial charge in [-0.15, -0.1) is 0 Å². The van der Waals surface area contributed by atoms with Crippen LogP contribution < -0.4 is 0 Å². The van der Waals surface area contributed by atoms with Gasteiger partial charge in [0.25, 0.3) is 0 Å². The summed E-state index contributed by atoms with van der Waals surface area (Å²) in [6.07, 6.45) is 5.17. The second-order valence-electron chi connectivity index (χ2n) is 5.76. The molecule has 1 saturated heterocycles. The van der Waals surface area contributed by atoms with Gasteiger partial charge in [0.2, 0.25) is 0 Å². The number of Topliss-reactive ketones (excluding diaryl/α,β-unsaturated/α-hetero) is 1. The van der Waals surface area contributed by atoms with Crippen molar-refractivity contribution < 1.29 is 9.18 Å². The predicted molar refractivity (Wildman–Crippen MR) is 79.4 cm³/mol. The molecule has 3 heteroatoms. The van der Waals surface area contributed by atoms with E-state index in [1.54, 1.807) is 12.1 Å². The SMILES string of the molecule is CCC1CCC(C)N1CCCC(=O)c1ccc(F)cc1. The largest absolute Gasteiger partial charge is 0.298 e. The summed E-state index contributed by atoms with van der Waals surface area (Å²) in [4.78, 5) is 14.6. The fourth-order valence-electron chi connectivity index (χ4n) is 3.17. The van der Waals surface area contributed by atoms with Crippen LogP contribution in [0.25, 0.3) is 0 Å². The summed E-state index contributed by atoms with van der Waals surface area (Å²) < 4.78 is 12.8. The Morgan fingerprint density at radius 1 is 1.30 bits per heavy atom. The van der Waals surface area contributed by atoms with Crippen LogP contribution in [0.5, 0.6) is 0 Å². The molecule has 1 fully saturated rings. The molecule has 0 saturated carbocycles. The fraction of sp³-hybridized carbons (Fsp3) is 0.588. The molecule has 1 aliphatic heterocycles. The molecule has 2 unspecified atom stereocenters. The smallest absolute Gasteiger partial charge is 0.162 e. The summed E-state index contributed by atoms with van der Waals surface area (Å²) in [7, 11) is 0. The van der Waals surface area contributed by atoms with Crippen LogP contribution in [0.1, 0.15) is 56.3 Å². The normalized spacial score (nSPS) is 23.1. The Morgan fingerprint density at radius 2 is 2.00 bits per heavy atom. The highest BCUT2D eigenvalue weighted by molar-refractivity contribution is 5.95. The predicted octanol–water partition coefficient (Wildman–Crippen LogP) is 4.05. The van der Waals surface area contributed by atoms with E-state index < -0.39 is 0 Å². The van der Waals surface area contributed by atoms with E-state index in [-0.39, 0.29) is 11.6 Å². The maximum Gasteiger partial charge on any atom is 0.162 e. The van der Waals surface area contributed by atoms with Gasteiger partial charge in [-0.2, -0.15) is 0 Å². The summed E-state index contributed by atoms with van der Waals surface area (Å²) in [5.41, 5.74) is 0.618. The third-order valence-electron chi connectivity index (χ3n) is 4.41. The molecule has 110 valence electrons. The Kier molecular flexibility index (Phi) is 5.30. The minimum absolute atomic E-state index is 0.116. The van der Waals surface area contributed by atoms with Gasteiger partial charge in [0.15, 0.2) is 5.78 Å².